The number of ether oxygens (including phenoxy) is 1. The molecule has 1 heterocycles. The molecule has 0 amide bonds. The van der Waals surface area contributed by atoms with Crippen LogP contribution < -0.4 is 0 Å². The number of benzene rings is 3. The van der Waals surface area contributed by atoms with Crippen LogP contribution in [0.3, 0.4) is 0 Å². The van der Waals surface area contributed by atoms with Gasteiger partial charge in [0.1, 0.15) is 11.5 Å². The van der Waals surface area contributed by atoms with Crippen molar-refractivity contribution in [3.8, 4) is 0 Å². The molecule has 0 bridgehead atoms. The van der Waals surface area contributed by atoms with E-state index in [1.165, 1.54) is 18.2 Å². The van der Waals surface area contributed by atoms with Crippen molar-refractivity contribution in [2.75, 3.05) is 0 Å². The summed E-state index contributed by atoms with van der Waals surface area (Å²) < 4.78 is 6.03. The van der Waals surface area contributed by atoms with Crippen molar-refractivity contribution in [2.45, 2.75) is 0 Å². The third-order valence-electron chi connectivity index (χ3n) is 4.70. The predicted molar refractivity (Wildman–Crippen MR) is 118 cm³/mol. The van der Waals surface area contributed by atoms with Gasteiger partial charge in [0.05, 0.1) is 21.5 Å². The first-order chi connectivity index (χ1) is 15.0. The van der Waals surface area contributed by atoms with Gasteiger partial charge in [0, 0.05) is 11.6 Å². The normalized spacial score (nSPS) is 14.4. The number of nitro groups is 2. The second kappa shape index (κ2) is 8.46. The van der Waals surface area contributed by atoms with Gasteiger partial charge in [-0.15, -0.1) is 0 Å². The molecule has 3 aromatic rings. The van der Waals surface area contributed by atoms with E-state index in [0.29, 0.717) is 11.5 Å². The minimum atomic E-state index is -0.662. The maximum Gasteiger partial charge on any atom is 0.283 e. The van der Waals surface area contributed by atoms with Crippen LogP contribution in [0.4, 0.5) is 11.4 Å². The molecule has 1 aliphatic rings. The Bertz CT molecular complexity index is 1250. The zero-order valence-electron chi connectivity index (χ0n) is 16.2. The number of nitrogens with zero attached hydrogens (tertiary/aromatic N) is 2. The minimum Gasteiger partial charge on any atom is -0.457 e. The quantitative estimate of drug-likeness (QED) is 0.378. The van der Waals surface area contributed by atoms with Crippen LogP contribution in [0.2, 0.25) is 0 Å². The number of non-ortho nitro benzene ring substituents is 1. The molecular formula is C24H16N2O5. The summed E-state index contributed by atoms with van der Waals surface area (Å²) in [6, 6.07) is 22.7. The van der Waals surface area contributed by atoms with E-state index in [4.69, 9.17) is 4.74 Å². The molecule has 4 rings (SSSR count). The zero-order chi connectivity index (χ0) is 21.8. The van der Waals surface area contributed by atoms with Crippen LogP contribution >= 0.6 is 0 Å². The van der Waals surface area contributed by atoms with Crippen molar-refractivity contribution in [1.29, 1.82) is 0 Å². The van der Waals surface area contributed by atoms with Gasteiger partial charge in [0.25, 0.3) is 11.4 Å². The smallest absolute Gasteiger partial charge is 0.283 e. The van der Waals surface area contributed by atoms with Gasteiger partial charge in [0.2, 0.25) is 0 Å². The monoisotopic (exact) mass is 412 g/mol. The number of rotatable bonds is 5. The average Bonchev–Trinajstić information content (AvgIpc) is 2.80. The largest absolute Gasteiger partial charge is 0.457 e. The molecule has 7 nitrogen and oxygen atoms in total. The zero-order valence-corrected chi connectivity index (χ0v) is 16.2. The van der Waals surface area contributed by atoms with Crippen LogP contribution in [0, 0.1) is 20.2 Å². The number of hydrogen-bond acceptors (Lipinski definition) is 5. The lowest BCUT2D eigenvalue weighted by atomic mass is 10.00. The molecule has 0 aromatic heterocycles. The molecule has 0 saturated heterocycles. The molecule has 31 heavy (non-hydrogen) atoms. The minimum absolute atomic E-state index is 0.212. The predicted octanol–water partition coefficient (Wildman–Crippen LogP) is 6.00. The summed E-state index contributed by atoms with van der Waals surface area (Å²) in [5, 5.41) is 22.5. The highest BCUT2D eigenvalue weighted by Gasteiger charge is 2.20. The molecule has 0 N–H and O–H groups in total. The maximum atomic E-state index is 11.5. The Balaban J connectivity index is 1.82. The van der Waals surface area contributed by atoms with E-state index < -0.39 is 9.85 Å². The van der Waals surface area contributed by atoms with Crippen LogP contribution in [0.15, 0.2) is 96.8 Å². The Morgan fingerprint density at radius 1 is 0.742 bits per heavy atom. The van der Waals surface area contributed by atoms with E-state index >= 15 is 0 Å². The van der Waals surface area contributed by atoms with E-state index in [1.54, 1.807) is 6.08 Å². The van der Waals surface area contributed by atoms with Gasteiger partial charge in [-0.25, -0.2) is 0 Å². The highest BCUT2D eigenvalue weighted by atomic mass is 16.6. The van der Waals surface area contributed by atoms with E-state index in [0.717, 1.165) is 22.8 Å². The Labute approximate surface area is 177 Å². The van der Waals surface area contributed by atoms with Crippen LogP contribution in [-0.2, 0) is 4.74 Å². The molecule has 7 heteroatoms. The molecule has 0 saturated carbocycles. The number of hydrogen-bond donors (Lipinski definition) is 0. The van der Waals surface area contributed by atoms with Crippen LogP contribution in [-0.4, -0.2) is 9.85 Å². The summed E-state index contributed by atoms with van der Waals surface area (Å²) >= 11 is 0. The van der Waals surface area contributed by atoms with Gasteiger partial charge < -0.3 is 4.74 Å². The fourth-order valence-corrected chi connectivity index (χ4v) is 3.21. The van der Waals surface area contributed by atoms with Crippen molar-refractivity contribution >= 4 is 28.8 Å². The van der Waals surface area contributed by atoms with Crippen molar-refractivity contribution in [3.05, 3.63) is 134 Å². The van der Waals surface area contributed by atoms with Crippen molar-refractivity contribution in [1.82, 2.24) is 0 Å². The van der Waals surface area contributed by atoms with Crippen molar-refractivity contribution in [2.24, 2.45) is 0 Å². The highest BCUT2D eigenvalue weighted by Crippen LogP contribution is 2.34. The Morgan fingerprint density at radius 2 is 1.39 bits per heavy atom. The molecule has 0 spiro atoms. The first kappa shape index (κ1) is 19.8. The molecule has 3 aromatic carbocycles. The lowest BCUT2D eigenvalue weighted by molar-refractivity contribution is -0.394. The molecule has 0 atom stereocenters. The van der Waals surface area contributed by atoms with E-state index in [9.17, 15) is 20.2 Å². The van der Waals surface area contributed by atoms with Gasteiger partial charge >= 0.3 is 0 Å². The van der Waals surface area contributed by atoms with Gasteiger partial charge in [-0.05, 0) is 35.4 Å². The summed E-state index contributed by atoms with van der Waals surface area (Å²) in [4.78, 5) is 21.2. The molecule has 152 valence electrons. The van der Waals surface area contributed by atoms with Crippen molar-refractivity contribution in [3.63, 3.8) is 0 Å². The fourth-order valence-electron chi connectivity index (χ4n) is 3.21. The summed E-state index contributed by atoms with van der Waals surface area (Å²) in [6.45, 7) is 0. The van der Waals surface area contributed by atoms with Crippen molar-refractivity contribution < 1.29 is 14.6 Å². The van der Waals surface area contributed by atoms with Crippen LogP contribution in [0.25, 0.3) is 17.4 Å². The van der Waals surface area contributed by atoms with E-state index in [2.05, 4.69) is 0 Å². The average molecular weight is 412 g/mol. The summed E-state index contributed by atoms with van der Waals surface area (Å²) in [7, 11) is 0. The SMILES string of the molecule is O=[N+]([O-])c1ccc(/C=C2\C=C(c3ccccc3)C=C(c3ccccc3)O2)c([N+](=O)[O-])c1. The van der Waals surface area contributed by atoms with Gasteiger partial charge in [-0.3, -0.25) is 20.2 Å². The lowest BCUT2D eigenvalue weighted by Gasteiger charge is -2.18. The molecule has 0 unspecified atom stereocenters. The standard InChI is InChI=1S/C24H16N2O5/c27-25(28)21-12-11-19(23(16-21)26(29)30)13-22-14-20(17-7-3-1-4-8-17)15-24(31-22)18-9-5-2-6-10-18/h1-16H/b22-13+. The summed E-state index contributed by atoms with van der Waals surface area (Å²) in [5.74, 6) is 0.981. The molecule has 0 fully saturated rings. The van der Waals surface area contributed by atoms with Crippen LogP contribution in [0.5, 0.6) is 0 Å². The molecule has 0 radical (unpaired) electrons. The third kappa shape index (κ3) is 4.40. The second-order valence-electron chi connectivity index (χ2n) is 6.75. The van der Waals surface area contributed by atoms with Gasteiger partial charge in [0.15, 0.2) is 0 Å². The first-order valence-electron chi connectivity index (χ1n) is 9.38. The van der Waals surface area contributed by atoms with E-state index in [1.807, 2.05) is 66.7 Å². The maximum absolute atomic E-state index is 11.5. The Kier molecular flexibility index (Phi) is 5.40. The lowest BCUT2D eigenvalue weighted by Crippen LogP contribution is -2.00. The second-order valence-corrected chi connectivity index (χ2v) is 6.75. The van der Waals surface area contributed by atoms with Gasteiger partial charge in [-0.2, -0.15) is 0 Å². The van der Waals surface area contributed by atoms with Gasteiger partial charge in [-0.1, -0.05) is 60.7 Å². The first-order valence-corrected chi connectivity index (χ1v) is 9.38. The molecule has 0 aliphatic carbocycles. The molecule has 1 aliphatic heterocycles. The topological polar surface area (TPSA) is 95.5 Å². The summed E-state index contributed by atoms with van der Waals surface area (Å²) in [6.07, 6.45) is 5.21. The summed E-state index contributed by atoms with van der Waals surface area (Å²) in [5.41, 5.74) is 2.20. The van der Waals surface area contributed by atoms with Crippen LogP contribution in [0.1, 0.15) is 16.7 Å². The molecular weight excluding hydrogens is 396 g/mol. The number of allylic oxidation sites excluding steroid dienone is 3. The highest BCUT2D eigenvalue weighted by molar-refractivity contribution is 5.87. The fraction of sp³-hybridized carbons (Fsp3) is 0. The number of nitro benzene ring substituents is 2. The van der Waals surface area contributed by atoms with E-state index in [-0.39, 0.29) is 16.9 Å². The Hall–Kier alpha value is -4.52. The Morgan fingerprint density at radius 3 is 2.00 bits per heavy atom. The third-order valence-corrected chi connectivity index (χ3v) is 4.70.